The second kappa shape index (κ2) is 13.1. The lowest BCUT2D eigenvalue weighted by molar-refractivity contribution is -0.116. The minimum absolute atomic E-state index is 0.112. The molecule has 0 saturated heterocycles. The van der Waals surface area contributed by atoms with E-state index in [2.05, 4.69) is 26.6 Å². The molecule has 0 aliphatic heterocycles. The van der Waals surface area contributed by atoms with Crippen LogP contribution in [0.5, 0.6) is 0 Å². The average Bonchev–Trinajstić information content (AvgIpc) is 2.76. The van der Waals surface area contributed by atoms with Crippen LogP contribution < -0.4 is 26.6 Å². The molecule has 2 aromatic carbocycles. The van der Waals surface area contributed by atoms with Crippen LogP contribution in [0.2, 0.25) is 0 Å². The van der Waals surface area contributed by atoms with Gasteiger partial charge in [0.25, 0.3) is 5.91 Å². The van der Waals surface area contributed by atoms with E-state index in [4.69, 9.17) is 0 Å². The molecule has 0 aromatic heterocycles. The molecule has 0 spiro atoms. The van der Waals surface area contributed by atoms with Gasteiger partial charge in [-0.25, -0.2) is 0 Å². The van der Waals surface area contributed by atoms with Gasteiger partial charge in [-0.2, -0.15) is 0 Å². The van der Waals surface area contributed by atoms with Crippen molar-refractivity contribution in [2.24, 2.45) is 0 Å². The topological polar surface area (TPSA) is 111 Å². The summed E-state index contributed by atoms with van der Waals surface area (Å²) in [7, 11) is 0. The molecule has 0 fully saturated rings. The van der Waals surface area contributed by atoms with Gasteiger partial charge >= 0.3 is 0 Å². The van der Waals surface area contributed by atoms with Gasteiger partial charge in [-0.1, -0.05) is 13.8 Å². The molecule has 0 bridgehead atoms. The normalized spacial score (nSPS) is 10.4. The molecule has 0 unspecified atom stereocenters. The van der Waals surface area contributed by atoms with Crippen LogP contribution >= 0.6 is 0 Å². The van der Waals surface area contributed by atoms with Crippen LogP contribution in [0.3, 0.4) is 0 Å². The lowest BCUT2D eigenvalue weighted by atomic mass is 10.2. The maximum Gasteiger partial charge on any atom is 0.255 e. The Balaban J connectivity index is 1.83. The Morgan fingerprint density at radius 3 is 1.42 bits per heavy atom. The Labute approximate surface area is 183 Å². The highest BCUT2D eigenvalue weighted by Gasteiger charge is 2.08. The second-order valence-electron chi connectivity index (χ2n) is 7.06. The van der Waals surface area contributed by atoms with Gasteiger partial charge in [0.05, 0.1) is 13.1 Å². The molecule has 2 aromatic rings. The maximum absolute atomic E-state index is 12.4. The summed E-state index contributed by atoms with van der Waals surface area (Å²) in [4.78, 5) is 36.1. The summed E-state index contributed by atoms with van der Waals surface area (Å²) in [6.07, 6.45) is 1.93. The van der Waals surface area contributed by atoms with Gasteiger partial charge < -0.3 is 26.6 Å². The van der Waals surface area contributed by atoms with Crippen LogP contribution in [0.1, 0.15) is 37.0 Å². The first-order valence-corrected chi connectivity index (χ1v) is 10.5. The first-order chi connectivity index (χ1) is 15.0. The first kappa shape index (κ1) is 24.0. The summed E-state index contributed by atoms with van der Waals surface area (Å²) < 4.78 is 0. The van der Waals surface area contributed by atoms with E-state index in [9.17, 15) is 14.4 Å². The number of carbonyl (C=O) groups is 3. The SMILES string of the molecule is CCCNCC(=O)Nc1ccc(NC(=O)c2ccc(NC(=O)CNCCC)cc2)cc1. The zero-order chi connectivity index (χ0) is 22.5. The first-order valence-electron chi connectivity index (χ1n) is 10.5. The largest absolute Gasteiger partial charge is 0.325 e. The van der Waals surface area contributed by atoms with Crippen LogP contribution in [-0.4, -0.2) is 43.9 Å². The molecule has 8 nitrogen and oxygen atoms in total. The van der Waals surface area contributed by atoms with E-state index >= 15 is 0 Å². The number of anilines is 3. The summed E-state index contributed by atoms with van der Waals surface area (Å²) in [5.41, 5.74) is 2.39. The molecule has 5 N–H and O–H groups in total. The highest BCUT2D eigenvalue weighted by atomic mass is 16.2. The molecule has 0 aliphatic rings. The predicted octanol–water partition coefficient (Wildman–Crippen LogP) is 2.82. The van der Waals surface area contributed by atoms with Crippen molar-refractivity contribution in [1.82, 2.24) is 10.6 Å². The van der Waals surface area contributed by atoms with Crippen LogP contribution in [0.25, 0.3) is 0 Å². The third-order valence-corrected chi connectivity index (χ3v) is 4.28. The third-order valence-electron chi connectivity index (χ3n) is 4.28. The summed E-state index contributed by atoms with van der Waals surface area (Å²) in [5, 5.41) is 14.5. The number of hydrogen-bond donors (Lipinski definition) is 5. The van der Waals surface area contributed by atoms with Crippen molar-refractivity contribution in [2.45, 2.75) is 26.7 Å². The number of hydrogen-bond acceptors (Lipinski definition) is 5. The monoisotopic (exact) mass is 425 g/mol. The van der Waals surface area contributed by atoms with E-state index in [1.807, 2.05) is 13.8 Å². The lowest BCUT2D eigenvalue weighted by Crippen LogP contribution is -2.28. The van der Waals surface area contributed by atoms with Crippen molar-refractivity contribution in [2.75, 3.05) is 42.1 Å². The molecule has 3 amide bonds. The number of amides is 3. The van der Waals surface area contributed by atoms with Crippen LogP contribution in [0.15, 0.2) is 48.5 Å². The molecule has 0 aliphatic carbocycles. The van der Waals surface area contributed by atoms with Crippen molar-refractivity contribution in [3.05, 3.63) is 54.1 Å². The van der Waals surface area contributed by atoms with Gasteiger partial charge in [0, 0.05) is 22.6 Å². The quantitative estimate of drug-likeness (QED) is 0.336. The molecular weight excluding hydrogens is 394 g/mol. The fourth-order valence-corrected chi connectivity index (χ4v) is 2.71. The van der Waals surface area contributed by atoms with Gasteiger partial charge in [0.1, 0.15) is 0 Å². The predicted molar refractivity (Wildman–Crippen MR) is 124 cm³/mol. The van der Waals surface area contributed by atoms with Gasteiger partial charge in [0.15, 0.2) is 0 Å². The number of nitrogens with one attached hydrogen (secondary N) is 5. The minimum Gasteiger partial charge on any atom is -0.325 e. The number of benzene rings is 2. The molecule has 0 atom stereocenters. The van der Waals surface area contributed by atoms with Crippen molar-refractivity contribution >= 4 is 34.8 Å². The highest BCUT2D eigenvalue weighted by molar-refractivity contribution is 6.05. The lowest BCUT2D eigenvalue weighted by Gasteiger charge is -2.09. The molecule has 0 radical (unpaired) electrons. The average molecular weight is 426 g/mol. The van der Waals surface area contributed by atoms with E-state index in [1.54, 1.807) is 48.5 Å². The second-order valence-corrected chi connectivity index (χ2v) is 7.06. The van der Waals surface area contributed by atoms with Crippen LogP contribution in [-0.2, 0) is 9.59 Å². The Morgan fingerprint density at radius 2 is 1.00 bits per heavy atom. The van der Waals surface area contributed by atoms with E-state index in [0.29, 0.717) is 22.6 Å². The zero-order valence-electron chi connectivity index (χ0n) is 18.1. The molecule has 8 heteroatoms. The van der Waals surface area contributed by atoms with Crippen LogP contribution in [0, 0.1) is 0 Å². The maximum atomic E-state index is 12.4. The Kier molecular flexibility index (Phi) is 10.2. The van der Waals surface area contributed by atoms with Crippen molar-refractivity contribution in [1.29, 1.82) is 0 Å². The van der Waals surface area contributed by atoms with E-state index < -0.39 is 0 Å². The minimum atomic E-state index is -0.261. The van der Waals surface area contributed by atoms with Crippen molar-refractivity contribution < 1.29 is 14.4 Å². The Bertz CT molecular complexity index is 851. The van der Waals surface area contributed by atoms with Gasteiger partial charge in [-0.3, -0.25) is 14.4 Å². The van der Waals surface area contributed by atoms with Gasteiger partial charge in [0.2, 0.25) is 11.8 Å². The zero-order valence-corrected chi connectivity index (χ0v) is 18.1. The van der Waals surface area contributed by atoms with Gasteiger partial charge in [-0.05, 0) is 74.5 Å². The highest BCUT2D eigenvalue weighted by Crippen LogP contribution is 2.16. The Morgan fingerprint density at radius 1 is 0.613 bits per heavy atom. The number of rotatable bonds is 12. The molecule has 0 saturated carbocycles. The Hall–Kier alpha value is -3.23. The van der Waals surface area contributed by atoms with Crippen LogP contribution in [0.4, 0.5) is 17.1 Å². The summed E-state index contributed by atoms with van der Waals surface area (Å²) in [6.45, 7) is 6.17. The smallest absolute Gasteiger partial charge is 0.255 e. The standard InChI is InChI=1S/C23H31N5O3/c1-3-13-24-15-21(29)26-18-7-5-17(6-8-18)23(31)28-20-11-9-19(10-12-20)27-22(30)16-25-14-4-2/h5-12,24-25H,3-4,13-16H2,1-2H3,(H,26,29)(H,27,30)(H,28,31). The summed E-state index contributed by atoms with van der Waals surface area (Å²) >= 11 is 0. The molecule has 2 rings (SSSR count). The molecule has 0 heterocycles. The van der Waals surface area contributed by atoms with Crippen molar-refractivity contribution in [3.8, 4) is 0 Å². The summed E-state index contributed by atoms with van der Waals surface area (Å²) in [6, 6.07) is 13.6. The van der Waals surface area contributed by atoms with E-state index in [0.717, 1.165) is 25.9 Å². The molecule has 166 valence electrons. The van der Waals surface area contributed by atoms with E-state index in [1.165, 1.54) is 0 Å². The van der Waals surface area contributed by atoms with Gasteiger partial charge in [-0.15, -0.1) is 0 Å². The fraction of sp³-hybridized carbons (Fsp3) is 0.348. The third kappa shape index (κ3) is 8.98. The molecular formula is C23H31N5O3. The summed E-state index contributed by atoms with van der Waals surface area (Å²) in [5.74, 6) is -0.499. The number of carbonyl (C=O) groups excluding carboxylic acids is 3. The van der Waals surface area contributed by atoms with E-state index in [-0.39, 0.29) is 30.8 Å². The fourth-order valence-electron chi connectivity index (χ4n) is 2.71. The molecule has 31 heavy (non-hydrogen) atoms. The van der Waals surface area contributed by atoms with Crippen molar-refractivity contribution in [3.63, 3.8) is 0 Å².